The summed E-state index contributed by atoms with van der Waals surface area (Å²) < 4.78 is 0. The molecule has 0 radical (unpaired) electrons. The van der Waals surface area contributed by atoms with Crippen molar-refractivity contribution in [1.82, 2.24) is 10.2 Å². The van der Waals surface area contributed by atoms with Gasteiger partial charge in [0.1, 0.15) is 0 Å². The first-order valence-electron chi connectivity index (χ1n) is 7.86. The second-order valence-corrected chi connectivity index (χ2v) is 6.47. The quantitative estimate of drug-likeness (QED) is 0.766. The number of nitrogens with two attached hydrogens (primary N) is 1. The van der Waals surface area contributed by atoms with Crippen LogP contribution in [-0.2, 0) is 4.79 Å². The van der Waals surface area contributed by atoms with Crippen molar-refractivity contribution >= 4 is 5.91 Å². The molecule has 19 heavy (non-hydrogen) atoms. The summed E-state index contributed by atoms with van der Waals surface area (Å²) in [5.41, 5.74) is 5.67. The highest BCUT2D eigenvalue weighted by Crippen LogP contribution is 2.30. The van der Waals surface area contributed by atoms with Gasteiger partial charge in [-0.2, -0.15) is 0 Å². The van der Waals surface area contributed by atoms with Crippen LogP contribution in [0.4, 0.5) is 0 Å². The average Bonchev–Trinajstić information content (AvgIpc) is 3.18. The van der Waals surface area contributed by atoms with Crippen molar-refractivity contribution < 1.29 is 4.79 Å². The Morgan fingerprint density at radius 1 is 1.42 bits per heavy atom. The Hall–Kier alpha value is -0.610. The Morgan fingerprint density at radius 2 is 2.16 bits per heavy atom. The summed E-state index contributed by atoms with van der Waals surface area (Å²) in [6.45, 7) is 7.15. The molecular weight excluding hydrogens is 238 g/mol. The molecule has 110 valence electrons. The van der Waals surface area contributed by atoms with E-state index in [-0.39, 0.29) is 5.91 Å². The van der Waals surface area contributed by atoms with Crippen molar-refractivity contribution in [2.24, 2.45) is 11.7 Å². The van der Waals surface area contributed by atoms with Crippen LogP contribution in [0.1, 0.15) is 52.4 Å². The first kappa shape index (κ1) is 14.8. The van der Waals surface area contributed by atoms with Crippen LogP contribution in [0.3, 0.4) is 0 Å². The molecule has 1 amide bonds. The Bertz CT molecular complexity index is 317. The molecule has 0 aromatic heterocycles. The van der Waals surface area contributed by atoms with Gasteiger partial charge in [-0.1, -0.05) is 26.7 Å². The fraction of sp³-hybridized carbons (Fsp3) is 0.933. The van der Waals surface area contributed by atoms with Crippen molar-refractivity contribution in [1.29, 1.82) is 0 Å². The Morgan fingerprint density at radius 3 is 2.74 bits per heavy atom. The predicted octanol–water partition coefficient (Wildman–Crippen LogP) is 1.49. The standard InChI is InChI=1S/C15H29N3O/c1-3-18(13-6-7-13)10-9-17-14(19)15(16)8-4-5-12(2)11-15/h12-13H,3-11,16H2,1-2H3,(H,17,19). The molecule has 0 aromatic carbocycles. The van der Waals surface area contributed by atoms with Gasteiger partial charge in [-0.3, -0.25) is 9.69 Å². The van der Waals surface area contributed by atoms with Crippen LogP contribution >= 0.6 is 0 Å². The number of hydrogen-bond acceptors (Lipinski definition) is 3. The van der Waals surface area contributed by atoms with Gasteiger partial charge in [-0.25, -0.2) is 0 Å². The summed E-state index contributed by atoms with van der Waals surface area (Å²) in [4.78, 5) is 14.7. The Kier molecular flexibility index (Phi) is 4.85. The van der Waals surface area contributed by atoms with Gasteiger partial charge in [0.15, 0.2) is 0 Å². The number of hydrogen-bond donors (Lipinski definition) is 2. The second-order valence-electron chi connectivity index (χ2n) is 6.47. The summed E-state index contributed by atoms with van der Waals surface area (Å²) >= 11 is 0. The SMILES string of the molecule is CCN(CCNC(=O)C1(N)CCCC(C)C1)C1CC1. The van der Waals surface area contributed by atoms with E-state index >= 15 is 0 Å². The van der Waals surface area contributed by atoms with Gasteiger partial charge in [-0.05, 0) is 38.1 Å². The van der Waals surface area contributed by atoms with E-state index in [9.17, 15) is 4.79 Å². The number of likely N-dealkylation sites (N-methyl/N-ethyl adjacent to an activating group) is 1. The molecular formula is C15H29N3O. The van der Waals surface area contributed by atoms with E-state index in [1.807, 2.05) is 0 Å². The number of rotatable bonds is 6. The molecule has 2 rings (SSSR count). The van der Waals surface area contributed by atoms with E-state index in [0.29, 0.717) is 5.92 Å². The minimum atomic E-state index is -0.617. The monoisotopic (exact) mass is 267 g/mol. The third-order valence-electron chi connectivity index (χ3n) is 4.64. The summed E-state index contributed by atoms with van der Waals surface area (Å²) in [5, 5.41) is 3.06. The average molecular weight is 267 g/mol. The number of nitrogens with zero attached hydrogens (tertiary/aromatic N) is 1. The molecule has 0 aromatic rings. The highest BCUT2D eigenvalue weighted by atomic mass is 16.2. The first-order chi connectivity index (χ1) is 9.05. The minimum Gasteiger partial charge on any atom is -0.353 e. The molecule has 2 fully saturated rings. The van der Waals surface area contributed by atoms with Crippen LogP contribution in [0.15, 0.2) is 0 Å². The van der Waals surface area contributed by atoms with E-state index in [1.54, 1.807) is 0 Å². The maximum Gasteiger partial charge on any atom is 0.240 e. The molecule has 0 spiro atoms. The Labute approximate surface area is 117 Å². The maximum absolute atomic E-state index is 12.3. The molecule has 0 saturated heterocycles. The summed E-state index contributed by atoms with van der Waals surface area (Å²) in [5.74, 6) is 0.633. The van der Waals surface area contributed by atoms with E-state index in [4.69, 9.17) is 5.73 Å². The topological polar surface area (TPSA) is 58.4 Å². The highest BCUT2D eigenvalue weighted by molar-refractivity contribution is 5.86. The lowest BCUT2D eigenvalue weighted by Crippen LogP contribution is -2.57. The molecule has 4 heteroatoms. The summed E-state index contributed by atoms with van der Waals surface area (Å²) in [6.07, 6.45) is 6.59. The fourth-order valence-corrected chi connectivity index (χ4v) is 3.33. The molecule has 2 saturated carbocycles. The zero-order chi connectivity index (χ0) is 13.9. The van der Waals surface area contributed by atoms with Gasteiger partial charge in [-0.15, -0.1) is 0 Å². The molecule has 0 bridgehead atoms. The molecule has 0 aliphatic heterocycles. The van der Waals surface area contributed by atoms with Crippen molar-refractivity contribution in [3.05, 3.63) is 0 Å². The number of carbonyl (C=O) groups excluding carboxylic acids is 1. The van der Waals surface area contributed by atoms with E-state index in [1.165, 1.54) is 19.3 Å². The van der Waals surface area contributed by atoms with Crippen molar-refractivity contribution in [3.63, 3.8) is 0 Å². The van der Waals surface area contributed by atoms with Crippen molar-refractivity contribution in [2.75, 3.05) is 19.6 Å². The fourth-order valence-electron chi connectivity index (χ4n) is 3.33. The second kappa shape index (κ2) is 6.23. The molecule has 0 heterocycles. The number of amides is 1. The van der Waals surface area contributed by atoms with Gasteiger partial charge in [0.25, 0.3) is 0 Å². The third-order valence-corrected chi connectivity index (χ3v) is 4.64. The summed E-state index contributed by atoms with van der Waals surface area (Å²) in [6, 6.07) is 0.767. The van der Waals surface area contributed by atoms with Gasteiger partial charge in [0.2, 0.25) is 5.91 Å². The molecule has 2 aliphatic carbocycles. The van der Waals surface area contributed by atoms with Gasteiger partial charge >= 0.3 is 0 Å². The normalized spacial score (nSPS) is 31.5. The summed E-state index contributed by atoms with van der Waals surface area (Å²) in [7, 11) is 0. The van der Waals surface area contributed by atoms with Gasteiger partial charge < -0.3 is 11.1 Å². The van der Waals surface area contributed by atoms with E-state index in [0.717, 1.165) is 44.9 Å². The first-order valence-corrected chi connectivity index (χ1v) is 7.86. The number of nitrogens with one attached hydrogen (secondary N) is 1. The third kappa shape index (κ3) is 3.93. The van der Waals surface area contributed by atoms with E-state index < -0.39 is 5.54 Å². The zero-order valence-corrected chi connectivity index (χ0v) is 12.5. The molecule has 2 aliphatic rings. The number of carbonyl (C=O) groups is 1. The molecule has 2 unspecified atom stereocenters. The Balaban J connectivity index is 1.73. The lowest BCUT2D eigenvalue weighted by Gasteiger charge is -2.35. The van der Waals surface area contributed by atoms with Crippen LogP contribution in [0.5, 0.6) is 0 Å². The largest absolute Gasteiger partial charge is 0.353 e. The minimum absolute atomic E-state index is 0.0610. The highest BCUT2D eigenvalue weighted by Gasteiger charge is 2.37. The molecule has 3 N–H and O–H groups in total. The lowest BCUT2D eigenvalue weighted by atomic mass is 9.76. The van der Waals surface area contributed by atoms with Crippen LogP contribution < -0.4 is 11.1 Å². The maximum atomic E-state index is 12.3. The van der Waals surface area contributed by atoms with Crippen LogP contribution in [0.2, 0.25) is 0 Å². The van der Waals surface area contributed by atoms with Crippen LogP contribution in [0.25, 0.3) is 0 Å². The van der Waals surface area contributed by atoms with Gasteiger partial charge in [0, 0.05) is 19.1 Å². The van der Waals surface area contributed by atoms with Crippen LogP contribution in [0, 0.1) is 5.92 Å². The molecule has 2 atom stereocenters. The van der Waals surface area contributed by atoms with Crippen LogP contribution in [-0.4, -0.2) is 42.0 Å². The molecule has 4 nitrogen and oxygen atoms in total. The predicted molar refractivity (Wildman–Crippen MR) is 77.8 cm³/mol. The lowest BCUT2D eigenvalue weighted by molar-refractivity contribution is -0.128. The van der Waals surface area contributed by atoms with E-state index in [2.05, 4.69) is 24.1 Å². The van der Waals surface area contributed by atoms with Crippen molar-refractivity contribution in [2.45, 2.75) is 64.0 Å². The van der Waals surface area contributed by atoms with Gasteiger partial charge in [0.05, 0.1) is 5.54 Å². The van der Waals surface area contributed by atoms with Crippen molar-refractivity contribution in [3.8, 4) is 0 Å². The zero-order valence-electron chi connectivity index (χ0n) is 12.5. The smallest absolute Gasteiger partial charge is 0.240 e.